The second-order valence-electron chi connectivity index (χ2n) is 4.68. The van der Waals surface area contributed by atoms with Crippen LogP contribution in [-0.2, 0) is 0 Å². The van der Waals surface area contributed by atoms with Gasteiger partial charge in [-0.3, -0.25) is 4.79 Å². The fourth-order valence-electron chi connectivity index (χ4n) is 1.68. The van der Waals surface area contributed by atoms with E-state index in [4.69, 9.17) is 11.5 Å². The maximum atomic E-state index is 11.9. The van der Waals surface area contributed by atoms with Crippen LogP contribution in [0.2, 0.25) is 0 Å². The molecule has 0 saturated heterocycles. The largest absolute Gasteiger partial charge is 0.394 e. The van der Waals surface area contributed by atoms with Crippen LogP contribution in [0.3, 0.4) is 0 Å². The molecular formula is C17H21NO2. The highest BCUT2D eigenvalue weighted by molar-refractivity contribution is 5.94. The van der Waals surface area contributed by atoms with E-state index in [0.717, 1.165) is 24.8 Å². The van der Waals surface area contributed by atoms with Crippen molar-refractivity contribution in [3.8, 4) is 12.3 Å². The van der Waals surface area contributed by atoms with Crippen molar-refractivity contribution in [3.63, 3.8) is 0 Å². The molecule has 1 aromatic carbocycles. The van der Waals surface area contributed by atoms with Crippen molar-refractivity contribution in [1.29, 1.82) is 0 Å². The zero-order valence-electron chi connectivity index (χ0n) is 11.8. The Bertz CT molecular complexity index is 500. The Kier molecular flexibility index (Phi) is 7.16. The van der Waals surface area contributed by atoms with Gasteiger partial charge in [-0.05, 0) is 37.5 Å². The maximum Gasteiger partial charge on any atom is 0.251 e. The molecule has 2 N–H and O–H groups in total. The smallest absolute Gasteiger partial charge is 0.251 e. The molecule has 0 aliphatic heterocycles. The number of hydrogen-bond acceptors (Lipinski definition) is 2. The van der Waals surface area contributed by atoms with Gasteiger partial charge in [0.2, 0.25) is 0 Å². The first kappa shape index (κ1) is 16.0. The highest BCUT2D eigenvalue weighted by atomic mass is 16.3. The molecule has 0 aromatic heterocycles. The van der Waals surface area contributed by atoms with E-state index < -0.39 is 0 Å². The summed E-state index contributed by atoms with van der Waals surface area (Å²) in [5, 5.41) is 11.7. The third-order valence-electron chi connectivity index (χ3n) is 2.80. The lowest BCUT2D eigenvalue weighted by atomic mass is 10.1. The number of carbonyl (C=O) groups excluding carboxylic acids is 1. The van der Waals surface area contributed by atoms with Gasteiger partial charge in [-0.2, -0.15) is 0 Å². The molecule has 1 atom stereocenters. The first-order valence-electron chi connectivity index (χ1n) is 6.79. The minimum absolute atomic E-state index is 0.0689. The lowest BCUT2D eigenvalue weighted by molar-refractivity contribution is 0.0922. The molecule has 106 valence electrons. The number of allylic oxidation sites excluding steroid dienone is 1. The van der Waals surface area contributed by atoms with Crippen molar-refractivity contribution in [2.75, 3.05) is 6.61 Å². The minimum Gasteiger partial charge on any atom is -0.394 e. The minimum atomic E-state index is -0.245. The van der Waals surface area contributed by atoms with Crippen molar-refractivity contribution < 1.29 is 9.90 Å². The van der Waals surface area contributed by atoms with E-state index in [9.17, 15) is 4.79 Å². The fourth-order valence-corrected chi connectivity index (χ4v) is 1.68. The lowest BCUT2D eigenvalue weighted by Crippen LogP contribution is -2.34. The summed E-state index contributed by atoms with van der Waals surface area (Å²) in [6, 6.07) is 7.14. The third-order valence-corrected chi connectivity index (χ3v) is 2.80. The molecule has 0 fully saturated rings. The summed E-state index contributed by atoms with van der Waals surface area (Å²) >= 11 is 0. The summed E-state index contributed by atoms with van der Waals surface area (Å²) in [5.74, 6) is 2.43. The van der Waals surface area contributed by atoms with Crippen LogP contribution in [0.15, 0.2) is 30.3 Å². The molecule has 0 radical (unpaired) electrons. The quantitative estimate of drug-likeness (QED) is 0.591. The van der Waals surface area contributed by atoms with Crippen LogP contribution in [0, 0.1) is 12.3 Å². The predicted molar refractivity (Wildman–Crippen MR) is 82.2 cm³/mol. The molecule has 0 aliphatic carbocycles. The van der Waals surface area contributed by atoms with Gasteiger partial charge >= 0.3 is 0 Å². The molecular weight excluding hydrogens is 250 g/mol. The van der Waals surface area contributed by atoms with Gasteiger partial charge in [-0.1, -0.05) is 24.3 Å². The summed E-state index contributed by atoms with van der Waals surface area (Å²) in [6.45, 7) is 1.69. The summed E-state index contributed by atoms with van der Waals surface area (Å²) < 4.78 is 0. The van der Waals surface area contributed by atoms with Gasteiger partial charge < -0.3 is 10.4 Å². The van der Waals surface area contributed by atoms with Crippen molar-refractivity contribution in [2.24, 2.45) is 0 Å². The fraction of sp³-hybridized carbons (Fsp3) is 0.353. The van der Waals surface area contributed by atoms with Crippen LogP contribution in [0.25, 0.3) is 6.08 Å². The van der Waals surface area contributed by atoms with Crippen molar-refractivity contribution in [2.45, 2.75) is 32.2 Å². The van der Waals surface area contributed by atoms with Gasteiger partial charge in [0.05, 0.1) is 6.61 Å². The number of amides is 1. The molecule has 0 heterocycles. The monoisotopic (exact) mass is 271 g/mol. The molecule has 3 heteroatoms. The lowest BCUT2D eigenvalue weighted by Gasteiger charge is -2.10. The Morgan fingerprint density at radius 2 is 2.35 bits per heavy atom. The number of carbonyl (C=O) groups is 1. The maximum absolute atomic E-state index is 11.9. The van der Waals surface area contributed by atoms with Crippen LogP contribution in [0.1, 0.15) is 42.1 Å². The standard InChI is InChI=1S/C17H21NO2/c1-3-4-5-6-7-9-15-10-8-11-16(12-15)17(20)18-14(2)13-19/h1,7-12,14,19H,4-6,13H2,2H3,(H,18,20)/b9-7-. The molecule has 3 nitrogen and oxygen atoms in total. The van der Waals surface area contributed by atoms with Crippen LogP contribution in [-0.4, -0.2) is 23.7 Å². The van der Waals surface area contributed by atoms with E-state index in [1.807, 2.05) is 24.3 Å². The SMILES string of the molecule is C#CCCC/C=C\c1cccc(C(=O)NC(C)CO)c1. The number of aliphatic hydroxyl groups is 1. The van der Waals surface area contributed by atoms with Crippen molar-refractivity contribution in [1.82, 2.24) is 5.32 Å². The van der Waals surface area contributed by atoms with E-state index >= 15 is 0 Å². The molecule has 0 spiro atoms. The second kappa shape index (κ2) is 8.95. The average Bonchev–Trinajstić information content (AvgIpc) is 2.47. The van der Waals surface area contributed by atoms with Gasteiger partial charge in [0.1, 0.15) is 0 Å². The Morgan fingerprint density at radius 1 is 1.55 bits per heavy atom. The average molecular weight is 271 g/mol. The summed E-state index contributed by atoms with van der Waals surface area (Å²) in [6.07, 6.45) is 11.9. The molecule has 20 heavy (non-hydrogen) atoms. The van der Waals surface area contributed by atoms with Gasteiger partial charge in [0, 0.05) is 18.0 Å². The number of rotatable bonds is 7. The third kappa shape index (κ3) is 5.73. The van der Waals surface area contributed by atoms with Gasteiger partial charge in [0.15, 0.2) is 0 Å². The Labute approximate surface area is 120 Å². The highest BCUT2D eigenvalue weighted by Crippen LogP contribution is 2.09. The van der Waals surface area contributed by atoms with Crippen LogP contribution in [0.4, 0.5) is 0 Å². The molecule has 1 unspecified atom stereocenters. The molecule has 1 rings (SSSR count). The van der Waals surface area contributed by atoms with Gasteiger partial charge in [0.25, 0.3) is 5.91 Å². The zero-order chi connectivity index (χ0) is 14.8. The first-order valence-corrected chi connectivity index (χ1v) is 6.79. The van der Waals surface area contributed by atoms with E-state index in [2.05, 4.69) is 17.3 Å². The van der Waals surface area contributed by atoms with E-state index in [0.29, 0.717) is 5.56 Å². The number of hydrogen-bond donors (Lipinski definition) is 2. The Hall–Kier alpha value is -2.05. The summed E-state index contributed by atoms with van der Waals surface area (Å²) in [7, 11) is 0. The number of benzene rings is 1. The normalized spacial score (nSPS) is 12.1. The Morgan fingerprint density at radius 3 is 3.05 bits per heavy atom. The number of unbranched alkanes of at least 4 members (excludes halogenated alkanes) is 2. The Balaban J connectivity index is 2.61. The summed E-state index contributed by atoms with van der Waals surface area (Å²) in [5.41, 5.74) is 1.58. The van der Waals surface area contributed by atoms with Gasteiger partial charge in [-0.25, -0.2) is 0 Å². The van der Waals surface area contributed by atoms with E-state index in [1.165, 1.54) is 0 Å². The topological polar surface area (TPSA) is 49.3 Å². The van der Waals surface area contributed by atoms with Crippen molar-refractivity contribution in [3.05, 3.63) is 41.5 Å². The first-order chi connectivity index (χ1) is 9.67. The number of nitrogens with one attached hydrogen (secondary N) is 1. The highest BCUT2D eigenvalue weighted by Gasteiger charge is 2.08. The molecule has 0 aliphatic rings. The molecule has 1 amide bonds. The van der Waals surface area contributed by atoms with Crippen LogP contribution >= 0.6 is 0 Å². The molecule has 0 saturated carbocycles. The summed E-state index contributed by atoms with van der Waals surface area (Å²) in [4.78, 5) is 11.9. The van der Waals surface area contributed by atoms with E-state index in [-0.39, 0.29) is 18.6 Å². The van der Waals surface area contributed by atoms with Crippen molar-refractivity contribution >= 4 is 12.0 Å². The van der Waals surface area contributed by atoms with Crippen LogP contribution in [0.5, 0.6) is 0 Å². The molecule has 1 aromatic rings. The zero-order valence-corrected chi connectivity index (χ0v) is 11.8. The number of terminal acetylenes is 1. The number of aliphatic hydroxyl groups excluding tert-OH is 1. The second-order valence-corrected chi connectivity index (χ2v) is 4.68. The van der Waals surface area contributed by atoms with Gasteiger partial charge in [-0.15, -0.1) is 12.3 Å². The van der Waals surface area contributed by atoms with Crippen LogP contribution < -0.4 is 5.32 Å². The van der Waals surface area contributed by atoms with E-state index in [1.54, 1.807) is 13.0 Å². The predicted octanol–water partition coefficient (Wildman–Crippen LogP) is 2.61. The molecule has 0 bridgehead atoms.